The highest BCUT2D eigenvalue weighted by atomic mass is 79.9. The van der Waals surface area contributed by atoms with Crippen LogP contribution in [0.1, 0.15) is 0 Å². The predicted molar refractivity (Wildman–Crippen MR) is 51.4 cm³/mol. The fraction of sp³-hybridized carbons (Fsp3) is 0.833. The molecule has 0 aromatic heterocycles. The first-order valence-electron chi connectivity index (χ1n) is 3.58. The molecular formula is C6H15BrN4O. The average molecular weight is 239 g/mol. The van der Waals surface area contributed by atoms with E-state index in [0.717, 1.165) is 0 Å². The Kier molecular flexibility index (Phi) is 6.27. The van der Waals surface area contributed by atoms with E-state index in [4.69, 9.17) is 5.84 Å². The number of carbonyl (C=O) groups excluding carboxylic acids is 1. The number of halogens is 1. The summed E-state index contributed by atoms with van der Waals surface area (Å²) in [5.41, 5.74) is 2.65. The van der Waals surface area contributed by atoms with Gasteiger partial charge >= 0.3 is 0 Å². The lowest BCUT2D eigenvalue weighted by Crippen LogP contribution is -2.44. The van der Waals surface area contributed by atoms with Gasteiger partial charge in [0.15, 0.2) is 0 Å². The number of likely N-dealkylation sites (N-methyl/N-ethyl adjacent to an activating group) is 2. The second kappa shape index (κ2) is 6.36. The lowest BCUT2D eigenvalue weighted by atomic mass is 10.6. The molecule has 12 heavy (non-hydrogen) atoms. The Morgan fingerprint density at radius 1 is 1.50 bits per heavy atom. The Labute approximate surface area is 80.9 Å². The van der Waals surface area contributed by atoms with Crippen molar-refractivity contribution in [3.63, 3.8) is 0 Å². The lowest BCUT2D eigenvalue weighted by Gasteiger charge is -2.19. The van der Waals surface area contributed by atoms with E-state index in [1.807, 2.05) is 0 Å². The summed E-state index contributed by atoms with van der Waals surface area (Å²) in [6.07, 6.45) is 0. The summed E-state index contributed by atoms with van der Waals surface area (Å²) >= 11 is 3.05. The van der Waals surface area contributed by atoms with Crippen LogP contribution in [-0.2, 0) is 4.79 Å². The van der Waals surface area contributed by atoms with Gasteiger partial charge in [-0.2, -0.15) is 0 Å². The van der Waals surface area contributed by atoms with Crippen LogP contribution < -0.4 is 11.3 Å². The number of carbonyl (C=O) groups is 1. The van der Waals surface area contributed by atoms with Crippen molar-refractivity contribution in [2.24, 2.45) is 5.84 Å². The van der Waals surface area contributed by atoms with E-state index in [0.29, 0.717) is 18.4 Å². The largest absolute Gasteiger partial charge is 0.288 e. The highest BCUT2D eigenvalue weighted by molar-refractivity contribution is 9.09. The molecule has 6 heteroatoms. The maximum atomic E-state index is 10.8. The first-order valence-corrected chi connectivity index (χ1v) is 4.71. The number of hydrogen-bond acceptors (Lipinski definition) is 4. The summed E-state index contributed by atoms with van der Waals surface area (Å²) in [7, 11) is 3.57. The molecule has 72 valence electrons. The Morgan fingerprint density at radius 3 is 2.50 bits per heavy atom. The van der Waals surface area contributed by atoms with Crippen LogP contribution in [0.15, 0.2) is 0 Å². The van der Waals surface area contributed by atoms with Crippen molar-refractivity contribution in [1.82, 2.24) is 15.4 Å². The minimum absolute atomic E-state index is 0.0582. The Bertz CT molecular complexity index is 142. The van der Waals surface area contributed by atoms with Gasteiger partial charge in [0.05, 0.1) is 5.33 Å². The second-order valence-corrected chi connectivity index (χ2v) is 3.13. The predicted octanol–water partition coefficient (Wildman–Crippen LogP) is -0.850. The summed E-state index contributed by atoms with van der Waals surface area (Å²) in [4.78, 5) is 10.8. The highest BCUT2D eigenvalue weighted by Gasteiger charge is 2.02. The van der Waals surface area contributed by atoms with Gasteiger partial charge in [-0.1, -0.05) is 15.9 Å². The smallest absolute Gasteiger partial charge is 0.244 e. The normalized spacial score (nSPS) is 10.8. The zero-order valence-corrected chi connectivity index (χ0v) is 8.97. The minimum atomic E-state index is -0.0582. The average Bonchev–Trinajstić information content (AvgIpc) is 2.00. The molecule has 0 spiro atoms. The summed E-state index contributed by atoms with van der Waals surface area (Å²) in [5.74, 6) is 5.33. The molecule has 0 aromatic carbocycles. The Balaban J connectivity index is 3.45. The van der Waals surface area contributed by atoms with Crippen molar-refractivity contribution in [3.8, 4) is 0 Å². The van der Waals surface area contributed by atoms with Crippen LogP contribution >= 0.6 is 15.9 Å². The van der Waals surface area contributed by atoms with Crippen molar-refractivity contribution < 1.29 is 4.79 Å². The van der Waals surface area contributed by atoms with Crippen molar-refractivity contribution in [1.29, 1.82) is 0 Å². The van der Waals surface area contributed by atoms with Gasteiger partial charge in [0, 0.05) is 27.2 Å². The summed E-state index contributed by atoms with van der Waals surface area (Å²) in [6.45, 7) is 1.41. The van der Waals surface area contributed by atoms with Gasteiger partial charge in [-0.25, -0.2) is 10.0 Å². The molecule has 0 saturated carbocycles. The summed E-state index contributed by atoms with van der Waals surface area (Å²) in [6, 6.07) is 0. The number of amides is 1. The van der Waals surface area contributed by atoms with E-state index < -0.39 is 0 Å². The molecule has 0 aliphatic heterocycles. The first kappa shape index (κ1) is 11.8. The van der Waals surface area contributed by atoms with Gasteiger partial charge in [-0.3, -0.25) is 16.1 Å². The van der Waals surface area contributed by atoms with E-state index in [1.54, 1.807) is 24.1 Å². The third-order valence-corrected chi connectivity index (χ3v) is 1.73. The number of nitrogens with zero attached hydrogens (tertiary/aromatic N) is 2. The minimum Gasteiger partial charge on any atom is -0.288 e. The maximum absolute atomic E-state index is 10.8. The van der Waals surface area contributed by atoms with Crippen LogP contribution in [0.5, 0.6) is 0 Å². The molecule has 0 aromatic rings. The fourth-order valence-corrected chi connectivity index (χ4v) is 0.732. The standard InChI is InChI=1S/C6H15BrN4O/c1-10(8)3-4-11(2)9-6(12)5-7/h3-5,8H2,1-2H3,(H,9,12). The number of rotatable bonds is 5. The van der Waals surface area contributed by atoms with Gasteiger partial charge in [0.25, 0.3) is 0 Å². The molecule has 1 amide bonds. The third-order valence-electron chi connectivity index (χ3n) is 1.23. The number of nitrogens with one attached hydrogen (secondary N) is 1. The molecular weight excluding hydrogens is 224 g/mol. The van der Waals surface area contributed by atoms with Crippen LogP contribution in [0.2, 0.25) is 0 Å². The molecule has 0 unspecified atom stereocenters. The number of alkyl halides is 1. The van der Waals surface area contributed by atoms with E-state index in [1.165, 1.54) is 0 Å². The van der Waals surface area contributed by atoms with Gasteiger partial charge in [-0.05, 0) is 0 Å². The highest BCUT2D eigenvalue weighted by Crippen LogP contribution is 1.81. The molecule has 5 nitrogen and oxygen atoms in total. The third kappa shape index (κ3) is 6.53. The van der Waals surface area contributed by atoms with Crippen LogP contribution in [-0.4, -0.2) is 48.4 Å². The number of nitrogens with two attached hydrogens (primary N) is 1. The molecule has 0 aliphatic rings. The topological polar surface area (TPSA) is 61.6 Å². The van der Waals surface area contributed by atoms with Crippen molar-refractivity contribution in [2.45, 2.75) is 0 Å². The Morgan fingerprint density at radius 2 is 2.08 bits per heavy atom. The second-order valence-electron chi connectivity index (χ2n) is 2.57. The number of hydrazine groups is 2. The first-order chi connectivity index (χ1) is 5.56. The summed E-state index contributed by atoms with van der Waals surface area (Å²) < 4.78 is 0. The molecule has 3 N–H and O–H groups in total. The molecule has 0 fully saturated rings. The van der Waals surface area contributed by atoms with Gasteiger partial charge in [0.2, 0.25) is 5.91 Å². The molecule has 0 radical (unpaired) electrons. The van der Waals surface area contributed by atoms with E-state index in [2.05, 4.69) is 21.4 Å². The van der Waals surface area contributed by atoms with Crippen molar-refractivity contribution >= 4 is 21.8 Å². The van der Waals surface area contributed by atoms with E-state index >= 15 is 0 Å². The molecule has 0 rings (SSSR count). The molecule has 0 bridgehead atoms. The molecule has 0 saturated heterocycles. The monoisotopic (exact) mass is 238 g/mol. The van der Waals surface area contributed by atoms with Gasteiger partial charge in [-0.15, -0.1) is 0 Å². The maximum Gasteiger partial charge on any atom is 0.244 e. The van der Waals surface area contributed by atoms with Crippen LogP contribution in [0.25, 0.3) is 0 Å². The van der Waals surface area contributed by atoms with Crippen LogP contribution in [0.4, 0.5) is 0 Å². The van der Waals surface area contributed by atoms with E-state index in [9.17, 15) is 4.79 Å². The van der Waals surface area contributed by atoms with Crippen molar-refractivity contribution in [3.05, 3.63) is 0 Å². The summed E-state index contributed by atoms with van der Waals surface area (Å²) in [5, 5.41) is 3.58. The number of hydrogen-bond donors (Lipinski definition) is 2. The lowest BCUT2D eigenvalue weighted by molar-refractivity contribution is -0.122. The van der Waals surface area contributed by atoms with E-state index in [-0.39, 0.29) is 5.91 Å². The molecule has 0 aliphatic carbocycles. The van der Waals surface area contributed by atoms with Crippen LogP contribution in [0.3, 0.4) is 0 Å². The van der Waals surface area contributed by atoms with Gasteiger partial charge in [0.1, 0.15) is 0 Å². The van der Waals surface area contributed by atoms with Gasteiger partial charge < -0.3 is 0 Å². The zero-order valence-electron chi connectivity index (χ0n) is 7.38. The van der Waals surface area contributed by atoms with Crippen LogP contribution in [0, 0.1) is 0 Å². The molecule has 0 heterocycles. The fourth-order valence-electron chi connectivity index (χ4n) is 0.606. The Hall–Kier alpha value is -0.170. The quantitative estimate of drug-likeness (QED) is 0.372. The molecule has 0 atom stereocenters. The SMILES string of the molecule is CN(N)CCN(C)NC(=O)CBr. The zero-order chi connectivity index (χ0) is 9.56. The van der Waals surface area contributed by atoms with Crippen molar-refractivity contribution in [2.75, 3.05) is 32.5 Å².